The lowest BCUT2D eigenvalue weighted by Crippen LogP contribution is -2.15. The number of rotatable bonds is 6. The average molecular weight is 470 g/mol. The Morgan fingerprint density at radius 1 is 1.00 bits per heavy atom. The fourth-order valence-electron chi connectivity index (χ4n) is 3.05. The van der Waals surface area contributed by atoms with Gasteiger partial charge in [-0.3, -0.25) is 4.68 Å². The predicted molar refractivity (Wildman–Crippen MR) is 122 cm³/mol. The molecule has 0 saturated heterocycles. The molecule has 2 aromatic carbocycles. The van der Waals surface area contributed by atoms with Gasteiger partial charge in [0.25, 0.3) is 10.0 Å². The fraction of sp³-hybridized carbons (Fsp3) is 0.136. The summed E-state index contributed by atoms with van der Waals surface area (Å²) in [5.74, 6) is 0.420. The van der Waals surface area contributed by atoms with Gasteiger partial charge in [-0.25, -0.2) is 18.1 Å². The van der Waals surface area contributed by atoms with Crippen LogP contribution in [0.5, 0.6) is 11.6 Å². The Labute approximate surface area is 190 Å². The van der Waals surface area contributed by atoms with Gasteiger partial charge in [0.1, 0.15) is 15.7 Å². The Balaban J connectivity index is 1.84. The molecule has 4 rings (SSSR count). The first kappa shape index (κ1) is 21.8. The van der Waals surface area contributed by atoms with E-state index in [2.05, 4.69) is 19.8 Å². The standard InChI is InChI=1S/C22H20ClN5O3S/c1-14-8-4-6-10-17(14)20-19(23)21(31-18-11-7-5-9-15(18)2)26-22(25-20)27-32(29,30)16-12-24-28(3)13-16/h4-13H,1-3H3,(H,25,26,27). The first-order valence-electron chi connectivity index (χ1n) is 9.63. The molecule has 0 spiro atoms. The summed E-state index contributed by atoms with van der Waals surface area (Å²) in [7, 11) is -2.34. The largest absolute Gasteiger partial charge is 0.437 e. The minimum atomic E-state index is -3.97. The molecule has 32 heavy (non-hydrogen) atoms. The van der Waals surface area contributed by atoms with E-state index in [0.717, 1.165) is 16.7 Å². The number of aromatic nitrogens is 4. The highest BCUT2D eigenvalue weighted by Crippen LogP contribution is 2.38. The van der Waals surface area contributed by atoms with Gasteiger partial charge >= 0.3 is 0 Å². The minimum Gasteiger partial charge on any atom is -0.437 e. The number of anilines is 1. The van der Waals surface area contributed by atoms with E-state index in [-0.39, 0.29) is 21.7 Å². The summed E-state index contributed by atoms with van der Waals surface area (Å²) < 4.78 is 35.4. The highest BCUT2D eigenvalue weighted by atomic mass is 35.5. The predicted octanol–water partition coefficient (Wildman–Crippen LogP) is 4.74. The molecule has 0 fully saturated rings. The van der Waals surface area contributed by atoms with Crippen molar-refractivity contribution in [3.63, 3.8) is 0 Å². The number of nitrogens with zero attached hydrogens (tertiary/aromatic N) is 4. The molecule has 0 atom stereocenters. The van der Waals surface area contributed by atoms with Crippen LogP contribution in [0.3, 0.4) is 0 Å². The number of ether oxygens (including phenoxy) is 1. The van der Waals surface area contributed by atoms with Crippen molar-refractivity contribution in [1.29, 1.82) is 0 Å². The maximum atomic E-state index is 12.8. The van der Waals surface area contributed by atoms with E-state index in [0.29, 0.717) is 11.4 Å². The molecule has 164 valence electrons. The van der Waals surface area contributed by atoms with Crippen molar-refractivity contribution in [3.05, 3.63) is 77.1 Å². The van der Waals surface area contributed by atoms with Crippen molar-refractivity contribution >= 4 is 27.6 Å². The maximum Gasteiger partial charge on any atom is 0.267 e. The molecular formula is C22H20ClN5O3S. The van der Waals surface area contributed by atoms with Crippen LogP contribution in [0.15, 0.2) is 65.8 Å². The molecule has 0 bridgehead atoms. The molecule has 0 aliphatic rings. The summed E-state index contributed by atoms with van der Waals surface area (Å²) in [5, 5.41) is 4.08. The van der Waals surface area contributed by atoms with Crippen molar-refractivity contribution in [1.82, 2.24) is 19.7 Å². The van der Waals surface area contributed by atoms with Gasteiger partial charge < -0.3 is 4.74 Å². The fourth-order valence-corrected chi connectivity index (χ4v) is 4.20. The Morgan fingerprint density at radius 2 is 1.69 bits per heavy atom. The highest BCUT2D eigenvalue weighted by molar-refractivity contribution is 7.92. The molecule has 2 aromatic heterocycles. The minimum absolute atomic E-state index is 0.0163. The van der Waals surface area contributed by atoms with Crippen LogP contribution in [0.2, 0.25) is 5.02 Å². The number of para-hydroxylation sites is 1. The zero-order valence-corrected chi connectivity index (χ0v) is 19.1. The average Bonchev–Trinajstić information content (AvgIpc) is 3.20. The highest BCUT2D eigenvalue weighted by Gasteiger charge is 2.22. The summed E-state index contributed by atoms with van der Waals surface area (Å²) >= 11 is 6.64. The summed E-state index contributed by atoms with van der Waals surface area (Å²) in [6, 6.07) is 14.9. The second-order valence-electron chi connectivity index (χ2n) is 7.15. The van der Waals surface area contributed by atoms with Crippen molar-refractivity contribution in [3.8, 4) is 22.9 Å². The van der Waals surface area contributed by atoms with Gasteiger partial charge in [0.05, 0.1) is 11.9 Å². The van der Waals surface area contributed by atoms with Crippen molar-refractivity contribution < 1.29 is 13.2 Å². The van der Waals surface area contributed by atoms with Gasteiger partial charge in [-0.05, 0) is 31.0 Å². The quantitative estimate of drug-likeness (QED) is 0.438. The van der Waals surface area contributed by atoms with Gasteiger partial charge in [0, 0.05) is 18.8 Å². The van der Waals surface area contributed by atoms with E-state index in [1.165, 1.54) is 17.1 Å². The Bertz CT molecular complexity index is 1400. The SMILES string of the molecule is Cc1ccccc1Oc1nc(NS(=O)(=O)c2cnn(C)c2)nc(-c2ccccc2C)c1Cl. The number of hydrogen-bond acceptors (Lipinski definition) is 6. The van der Waals surface area contributed by atoms with Crippen LogP contribution in [0.4, 0.5) is 5.95 Å². The van der Waals surface area contributed by atoms with Gasteiger partial charge in [0.15, 0.2) is 0 Å². The normalized spacial score (nSPS) is 11.4. The molecule has 0 saturated carbocycles. The third-order valence-corrected chi connectivity index (χ3v) is 6.36. The van der Waals surface area contributed by atoms with Gasteiger partial charge in [-0.1, -0.05) is 54.1 Å². The van der Waals surface area contributed by atoms with E-state index in [9.17, 15) is 8.42 Å². The van der Waals surface area contributed by atoms with Crippen LogP contribution in [0, 0.1) is 13.8 Å². The van der Waals surface area contributed by atoms with E-state index in [4.69, 9.17) is 16.3 Å². The van der Waals surface area contributed by atoms with Gasteiger partial charge in [-0.15, -0.1) is 0 Å². The maximum absolute atomic E-state index is 12.8. The van der Waals surface area contributed by atoms with Crippen molar-refractivity contribution in [2.75, 3.05) is 4.72 Å². The van der Waals surface area contributed by atoms with Crippen LogP contribution in [-0.4, -0.2) is 28.2 Å². The zero-order chi connectivity index (χ0) is 22.9. The smallest absolute Gasteiger partial charge is 0.267 e. The van der Waals surface area contributed by atoms with E-state index < -0.39 is 10.0 Å². The second-order valence-corrected chi connectivity index (χ2v) is 9.21. The molecule has 0 aliphatic carbocycles. The van der Waals surface area contributed by atoms with Crippen LogP contribution < -0.4 is 9.46 Å². The van der Waals surface area contributed by atoms with Gasteiger partial charge in [0.2, 0.25) is 11.8 Å². The molecule has 0 aliphatic heterocycles. The Hall–Kier alpha value is -3.43. The number of sulfonamides is 1. The topological polar surface area (TPSA) is 99.0 Å². The molecule has 0 amide bonds. The molecular weight excluding hydrogens is 450 g/mol. The molecule has 8 nitrogen and oxygen atoms in total. The number of aryl methyl sites for hydroxylation is 3. The lowest BCUT2D eigenvalue weighted by molar-refractivity contribution is 0.459. The summed E-state index contributed by atoms with van der Waals surface area (Å²) in [4.78, 5) is 8.65. The monoisotopic (exact) mass is 469 g/mol. The molecule has 10 heteroatoms. The third-order valence-electron chi connectivity index (χ3n) is 4.74. The van der Waals surface area contributed by atoms with E-state index in [1.807, 2.05) is 56.3 Å². The van der Waals surface area contributed by atoms with Crippen LogP contribution in [-0.2, 0) is 17.1 Å². The van der Waals surface area contributed by atoms with Gasteiger partial charge in [-0.2, -0.15) is 10.1 Å². The second kappa shape index (κ2) is 8.60. The summed E-state index contributed by atoms with van der Waals surface area (Å²) in [5.41, 5.74) is 2.87. The zero-order valence-electron chi connectivity index (χ0n) is 17.6. The number of benzene rings is 2. The Morgan fingerprint density at radius 3 is 2.34 bits per heavy atom. The molecule has 0 radical (unpaired) electrons. The van der Waals surface area contributed by atoms with E-state index in [1.54, 1.807) is 13.1 Å². The van der Waals surface area contributed by atoms with Crippen molar-refractivity contribution in [2.24, 2.45) is 7.05 Å². The van der Waals surface area contributed by atoms with E-state index >= 15 is 0 Å². The van der Waals surface area contributed by atoms with Crippen LogP contribution in [0.1, 0.15) is 11.1 Å². The lowest BCUT2D eigenvalue weighted by Gasteiger charge is -2.15. The van der Waals surface area contributed by atoms with Crippen LogP contribution >= 0.6 is 11.6 Å². The summed E-state index contributed by atoms with van der Waals surface area (Å²) in [6.07, 6.45) is 2.62. The lowest BCUT2D eigenvalue weighted by atomic mass is 10.1. The molecule has 4 aromatic rings. The first-order valence-corrected chi connectivity index (χ1v) is 11.5. The third kappa shape index (κ3) is 4.44. The number of halogens is 1. The first-order chi connectivity index (χ1) is 15.2. The molecule has 0 unspecified atom stereocenters. The molecule has 1 N–H and O–H groups in total. The number of hydrogen-bond donors (Lipinski definition) is 1. The Kier molecular flexibility index (Phi) is 5.86. The van der Waals surface area contributed by atoms with Crippen molar-refractivity contribution in [2.45, 2.75) is 18.7 Å². The van der Waals surface area contributed by atoms with Crippen LogP contribution in [0.25, 0.3) is 11.3 Å². The summed E-state index contributed by atoms with van der Waals surface area (Å²) in [6.45, 7) is 3.80. The number of nitrogens with one attached hydrogen (secondary N) is 1. The molecule has 2 heterocycles.